The van der Waals surface area contributed by atoms with Gasteiger partial charge in [0, 0.05) is 6.54 Å². The highest BCUT2D eigenvalue weighted by Crippen LogP contribution is 2.32. The van der Waals surface area contributed by atoms with Crippen LogP contribution in [0.4, 0.5) is 0 Å². The Kier molecular flexibility index (Phi) is 2.63. The molecule has 2 heterocycles. The monoisotopic (exact) mass is 232 g/mol. The molecule has 0 bridgehead atoms. The van der Waals surface area contributed by atoms with Crippen LogP contribution in [0.15, 0.2) is 24.5 Å². The molecular formula is C11H12N4O2. The van der Waals surface area contributed by atoms with Crippen LogP contribution in [-0.2, 0) is 13.1 Å². The first-order valence-corrected chi connectivity index (χ1v) is 5.35. The predicted molar refractivity (Wildman–Crippen MR) is 59.5 cm³/mol. The fourth-order valence-electron chi connectivity index (χ4n) is 1.69. The fraction of sp³-hybridized carbons (Fsp3) is 0.273. The molecule has 0 radical (unpaired) electrons. The molecule has 0 unspecified atom stereocenters. The summed E-state index contributed by atoms with van der Waals surface area (Å²) in [5.41, 5.74) is 1.15. The molecule has 6 heteroatoms. The van der Waals surface area contributed by atoms with Gasteiger partial charge in [-0.15, -0.1) is 0 Å². The van der Waals surface area contributed by atoms with Gasteiger partial charge in [-0.3, -0.25) is 5.10 Å². The van der Waals surface area contributed by atoms with Crippen molar-refractivity contribution in [2.24, 2.45) is 0 Å². The van der Waals surface area contributed by atoms with Crippen LogP contribution in [0.25, 0.3) is 0 Å². The lowest BCUT2D eigenvalue weighted by Gasteiger charge is -2.04. The van der Waals surface area contributed by atoms with Crippen LogP contribution < -0.4 is 14.8 Å². The minimum absolute atomic E-state index is 0.310. The summed E-state index contributed by atoms with van der Waals surface area (Å²) in [5, 5.41) is 9.84. The van der Waals surface area contributed by atoms with E-state index in [9.17, 15) is 0 Å². The third-order valence-electron chi connectivity index (χ3n) is 2.52. The van der Waals surface area contributed by atoms with E-state index in [1.807, 2.05) is 18.2 Å². The molecule has 0 saturated heterocycles. The minimum atomic E-state index is 0.310. The summed E-state index contributed by atoms with van der Waals surface area (Å²) in [7, 11) is 0. The van der Waals surface area contributed by atoms with E-state index >= 15 is 0 Å². The van der Waals surface area contributed by atoms with Crippen molar-refractivity contribution in [2.75, 3.05) is 6.79 Å². The van der Waals surface area contributed by atoms with Crippen molar-refractivity contribution in [3.8, 4) is 11.5 Å². The molecular weight excluding hydrogens is 220 g/mol. The highest BCUT2D eigenvalue weighted by atomic mass is 16.7. The normalized spacial score (nSPS) is 12.9. The van der Waals surface area contributed by atoms with E-state index in [-0.39, 0.29) is 0 Å². The zero-order chi connectivity index (χ0) is 11.5. The summed E-state index contributed by atoms with van der Waals surface area (Å²) in [6, 6.07) is 5.92. The largest absolute Gasteiger partial charge is 0.454 e. The van der Waals surface area contributed by atoms with E-state index in [0.29, 0.717) is 13.3 Å². The van der Waals surface area contributed by atoms with E-state index in [1.165, 1.54) is 6.33 Å². The van der Waals surface area contributed by atoms with E-state index in [4.69, 9.17) is 9.47 Å². The minimum Gasteiger partial charge on any atom is -0.454 e. The Balaban J connectivity index is 1.58. The Morgan fingerprint density at radius 2 is 2.18 bits per heavy atom. The molecule has 0 spiro atoms. The molecule has 1 aliphatic heterocycles. The predicted octanol–water partition coefficient (Wildman–Crippen LogP) is 0.823. The molecule has 0 fully saturated rings. The van der Waals surface area contributed by atoms with Gasteiger partial charge >= 0.3 is 0 Å². The highest BCUT2D eigenvalue weighted by molar-refractivity contribution is 5.44. The number of H-pyrrole nitrogens is 1. The maximum atomic E-state index is 5.31. The van der Waals surface area contributed by atoms with E-state index in [2.05, 4.69) is 20.5 Å². The zero-order valence-electron chi connectivity index (χ0n) is 9.14. The number of hydrogen-bond donors (Lipinski definition) is 2. The van der Waals surface area contributed by atoms with Crippen molar-refractivity contribution >= 4 is 0 Å². The summed E-state index contributed by atoms with van der Waals surface area (Å²) in [5.74, 6) is 2.44. The van der Waals surface area contributed by atoms with Crippen molar-refractivity contribution in [3.63, 3.8) is 0 Å². The second-order valence-electron chi connectivity index (χ2n) is 3.72. The molecule has 1 aliphatic rings. The number of aromatic amines is 1. The van der Waals surface area contributed by atoms with Gasteiger partial charge in [0.25, 0.3) is 0 Å². The first-order valence-electron chi connectivity index (χ1n) is 5.35. The van der Waals surface area contributed by atoms with Gasteiger partial charge in [-0.25, -0.2) is 4.98 Å². The second-order valence-corrected chi connectivity index (χ2v) is 3.72. The highest BCUT2D eigenvalue weighted by Gasteiger charge is 2.12. The molecule has 0 atom stereocenters. The summed E-state index contributed by atoms with van der Waals surface area (Å²) < 4.78 is 10.6. The molecule has 2 aromatic rings. The molecule has 0 aliphatic carbocycles. The van der Waals surface area contributed by atoms with Gasteiger partial charge in [-0.05, 0) is 17.7 Å². The topological polar surface area (TPSA) is 72.1 Å². The van der Waals surface area contributed by atoms with Gasteiger partial charge in [0.1, 0.15) is 12.2 Å². The lowest BCUT2D eigenvalue weighted by Crippen LogP contribution is -2.13. The number of aromatic nitrogens is 3. The van der Waals surface area contributed by atoms with Gasteiger partial charge in [0.05, 0.1) is 6.54 Å². The summed E-state index contributed by atoms with van der Waals surface area (Å²) >= 11 is 0. The van der Waals surface area contributed by atoms with E-state index < -0.39 is 0 Å². The molecule has 88 valence electrons. The lowest BCUT2D eigenvalue weighted by molar-refractivity contribution is 0.174. The number of hydrogen-bond acceptors (Lipinski definition) is 5. The van der Waals surface area contributed by atoms with E-state index in [1.54, 1.807) is 0 Å². The zero-order valence-corrected chi connectivity index (χ0v) is 9.14. The molecule has 0 amide bonds. The first-order chi connectivity index (χ1) is 8.42. The molecule has 1 aromatic carbocycles. The molecule has 1 aromatic heterocycles. The number of ether oxygens (including phenoxy) is 2. The SMILES string of the molecule is c1n[nH]c(CNCc2ccc3c(c2)OCO3)n1. The Labute approximate surface area is 98.0 Å². The van der Waals surface area contributed by atoms with Crippen molar-refractivity contribution in [1.82, 2.24) is 20.5 Å². The van der Waals surface area contributed by atoms with Gasteiger partial charge in [0.2, 0.25) is 6.79 Å². The lowest BCUT2D eigenvalue weighted by atomic mass is 10.2. The number of fused-ring (bicyclic) bond motifs is 1. The van der Waals surface area contributed by atoms with Crippen molar-refractivity contribution in [2.45, 2.75) is 13.1 Å². The standard InChI is InChI=1S/C11H12N4O2/c1-2-9-10(17-7-16-9)3-8(1)4-12-5-11-13-6-14-15-11/h1-3,6,12H,4-5,7H2,(H,13,14,15). The van der Waals surface area contributed by atoms with Crippen LogP contribution in [-0.4, -0.2) is 22.0 Å². The van der Waals surface area contributed by atoms with Crippen LogP contribution in [0.3, 0.4) is 0 Å². The van der Waals surface area contributed by atoms with E-state index in [0.717, 1.165) is 29.4 Å². The molecule has 6 nitrogen and oxygen atoms in total. The van der Waals surface area contributed by atoms with Crippen LogP contribution >= 0.6 is 0 Å². The third-order valence-corrected chi connectivity index (χ3v) is 2.52. The van der Waals surface area contributed by atoms with Crippen molar-refractivity contribution in [1.29, 1.82) is 0 Å². The van der Waals surface area contributed by atoms with Crippen LogP contribution in [0.2, 0.25) is 0 Å². The smallest absolute Gasteiger partial charge is 0.231 e. The summed E-state index contributed by atoms with van der Waals surface area (Å²) in [4.78, 5) is 4.03. The van der Waals surface area contributed by atoms with Crippen LogP contribution in [0.5, 0.6) is 11.5 Å². The Hall–Kier alpha value is -2.08. The average Bonchev–Trinajstić information content (AvgIpc) is 2.98. The van der Waals surface area contributed by atoms with Crippen LogP contribution in [0.1, 0.15) is 11.4 Å². The summed E-state index contributed by atoms with van der Waals surface area (Å²) in [6.45, 7) is 1.72. The van der Waals surface area contributed by atoms with Gasteiger partial charge in [0.15, 0.2) is 11.5 Å². The molecule has 2 N–H and O–H groups in total. The number of rotatable bonds is 4. The second kappa shape index (κ2) is 4.42. The van der Waals surface area contributed by atoms with Crippen molar-refractivity contribution in [3.05, 3.63) is 35.9 Å². The third kappa shape index (κ3) is 2.21. The van der Waals surface area contributed by atoms with Crippen molar-refractivity contribution < 1.29 is 9.47 Å². The quantitative estimate of drug-likeness (QED) is 0.816. The number of nitrogens with one attached hydrogen (secondary N) is 2. The first kappa shape index (κ1) is 10.1. The maximum Gasteiger partial charge on any atom is 0.231 e. The number of benzene rings is 1. The Morgan fingerprint density at radius 3 is 3.06 bits per heavy atom. The Morgan fingerprint density at radius 1 is 1.24 bits per heavy atom. The van der Waals surface area contributed by atoms with Gasteiger partial charge in [-0.1, -0.05) is 6.07 Å². The summed E-state index contributed by atoms with van der Waals surface area (Å²) in [6.07, 6.45) is 1.50. The molecule has 3 rings (SSSR count). The number of nitrogens with zero attached hydrogens (tertiary/aromatic N) is 2. The molecule has 17 heavy (non-hydrogen) atoms. The van der Waals surface area contributed by atoms with Gasteiger partial charge < -0.3 is 14.8 Å². The average molecular weight is 232 g/mol. The Bertz CT molecular complexity index is 498. The maximum absolute atomic E-state index is 5.31. The molecule has 0 saturated carbocycles. The van der Waals surface area contributed by atoms with Crippen LogP contribution in [0, 0.1) is 0 Å². The fourth-order valence-corrected chi connectivity index (χ4v) is 1.69. The van der Waals surface area contributed by atoms with Gasteiger partial charge in [-0.2, -0.15) is 5.10 Å².